The molecule has 0 N–H and O–H groups in total. The molecule has 124 valence electrons. The van der Waals surface area contributed by atoms with Gasteiger partial charge < -0.3 is 9.15 Å². The van der Waals surface area contributed by atoms with E-state index in [4.69, 9.17) is 20.8 Å². The van der Waals surface area contributed by atoms with Crippen LogP contribution in [0, 0.1) is 0 Å². The number of benzene rings is 2. The molecule has 0 atom stereocenters. The molecule has 0 saturated heterocycles. The summed E-state index contributed by atoms with van der Waals surface area (Å²) in [4.78, 5) is 12.7. The summed E-state index contributed by atoms with van der Waals surface area (Å²) < 4.78 is 12.1. The van der Waals surface area contributed by atoms with Crippen molar-refractivity contribution in [1.82, 2.24) is 15.0 Å². The third-order valence-electron chi connectivity index (χ3n) is 3.66. The average Bonchev–Trinajstić information content (AvgIpc) is 3.13. The fourth-order valence-corrected chi connectivity index (χ4v) is 2.54. The minimum absolute atomic E-state index is 0.243. The molecule has 4 rings (SSSR count). The van der Waals surface area contributed by atoms with Gasteiger partial charge >= 0.3 is 0 Å². The van der Waals surface area contributed by atoms with Crippen LogP contribution < -0.4 is 10.3 Å². The quantitative estimate of drug-likeness (QED) is 0.557. The van der Waals surface area contributed by atoms with Gasteiger partial charge in [-0.1, -0.05) is 16.8 Å². The third-order valence-corrected chi connectivity index (χ3v) is 3.91. The van der Waals surface area contributed by atoms with Crippen LogP contribution in [0.25, 0.3) is 10.9 Å². The molecule has 6 nitrogen and oxygen atoms in total. The molecule has 0 aliphatic rings. The maximum absolute atomic E-state index is 12.7. The molecule has 0 unspecified atom stereocenters. The molecule has 0 aliphatic carbocycles. The number of hydrogen-bond donors (Lipinski definition) is 0. The zero-order chi connectivity index (χ0) is 17.2. The van der Waals surface area contributed by atoms with Gasteiger partial charge in [0.15, 0.2) is 0 Å². The second kappa shape index (κ2) is 6.41. The first-order valence-corrected chi connectivity index (χ1v) is 7.89. The Labute approximate surface area is 147 Å². The van der Waals surface area contributed by atoms with Gasteiger partial charge in [-0.3, -0.25) is 4.79 Å². The number of halogens is 1. The van der Waals surface area contributed by atoms with E-state index in [0.29, 0.717) is 34.0 Å². The number of rotatable bonds is 4. The summed E-state index contributed by atoms with van der Waals surface area (Å²) in [7, 11) is 0. The summed E-state index contributed by atoms with van der Waals surface area (Å²) in [6, 6.07) is 13.9. The number of fused-ring (bicyclic) bond motifs is 1. The summed E-state index contributed by atoms with van der Waals surface area (Å²) in [6.45, 7) is 0.292. The first-order chi connectivity index (χ1) is 12.2. The van der Waals surface area contributed by atoms with Crippen LogP contribution in [0.4, 0.5) is 0 Å². The summed E-state index contributed by atoms with van der Waals surface area (Å²) >= 11 is 5.87. The van der Waals surface area contributed by atoms with Crippen molar-refractivity contribution in [3.8, 4) is 11.5 Å². The van der Waals surface area contributed by atoms with Crippen LogP contribution >= 0.6 is 11.6 Å². The number of ether oxygens (including phenoxy) is 1. The van der Waals surface area contributed by atoms with Crippen molar-refractivity contribution in [2.45, 2.75) is 6.54 Å². The van der Waals surface area contributed by atoms with Gasteiger partial charge in [0.1, 0.15) is 17.0 Å². The number of nitrogens with zero attached hydrogens (tertiary/aromatic N) is 3. The maximum atomic E-state index is 12.7. The molecule has 4 aromatic rings. The van der Waals surface area contributed by atoms with Crippen LogP contribution in [0.15, 0.2) is 70.3 Å². The Kier molecular flexibility index (Phi) is 3.95. The third kappa shape index (κ3) is 3.25. The average molecular weight is 354 g/mol. The predicted molar refractivity (Wildman–Crippen MR) is 93.1 cm³/mol. The molecule has 0 amide bonds. The van der Waals surface area contributed by atoms with E-state index in [-0.39, 0.29) is 5.56 Å². The first-order valence-electron chi connectivity index (χ1n) is 7.51. The number of hydrogen-bond acceptors (Lipinski definition) is 5. The fourth-order valence-electron chi connectivity index (χ4n) is 2.42. The molecule has 7 heteroatoms. The van der Waals surface area contributed by atoms with E-state index in [1.807, 2.05) is 0 Å². The van der Waals surface area contributed by atoms with E-state index in [0.717, 1.165) is 5.56 Å². The lowest BCUT2D eigenvalue weighted by Crippen LogP contribution is -2.24. The molecular formula is C18H12ClN3O3. The minimum Gasteiger partial charge on any atom is -0.472 e. The summed E-state index contributed by atoms with van der Waals surface area (Å²) in [6.07, 6.45) is 3.12. The molecule has 2 aromatic carbocycles. The van der Waals surface area contributed by atoms with Gasteiger partial charge in [-0.2, -0.15) is 0 Å². The molecule has 0 spiro atoms. The largest absolute Gasteiger partial charge is 0.472 e. The molecule has 0 fully saturated rings. The Morgan fingerprint density at radius 2 is 1.88 bits per heavy atom. The van der Waals surface area contributed by atoms with Crippen molar-refractivity contribution in [1.29, 1.82) is 0 Å². The van der Waals surface area contributed by atoms with Crippen molar-refractivity contribution in [3.05, 3.63) is 82.0 Å². The van der Waals surface area contributed by atoms with Gasteiger partial charge in [-0.05, 0) is 48.5 Å². The zero-order valence-corrected chi connectivity index (χ0v) is 13.7. The Morgan fingerprint density at radius 1 is 1.08 bits per heavy atom. The van der Waals surface area contributed by atoms with Crippen LogP contribution in [-0.4, -0.2) is 15.0 Å². The van der Waals surface area contributed by atoms with Crippen molar-refractivity contribution in [3.63, 3.8) is 0 Å². The van der Waals surface area contributed by atoms with Crippen molar-refractivity contribution < 1.29 is 9.15 Å². The van der Waals surface area contributed by atoms with Crippen molar-refractivity contribution in [2.75, 3.05) is 0 Å². The first kappa shape index (κ1) is 15.4. The van der Waals surface area contributed by atoms with Gasteiger partial charge in [0.2, 0.25) is 0 Å². The SMILES string of the molecule is O=c1c2cc(Oc3ccc(Cl)cc3)ccc2nnn1Cc1ccoc1. The summed E-state index contributed by atoms with van der Waals surface area (Å²) in [5, 5.41) is 9.12. The van der Waals surface area contributed by atoms with Gasteiger partial charge in [0.25, 0.3) is 5.56 Å². The number of furan rings is 1. The highest BCUT2D eigenvalue weighted by Gasteiger charge is 2.09. The molecule has 25 heavy (non-hydrogen) atoms. The second-order valence-electron chi connectivity index (χ2n) is 5.42. The lowest BCUT2D eigenvalue weighted by molar-refractivity contribution is 0.483. The molecule has 0 aliphatic heterocycles. The minimum atomic E-state index is -0.243. The molecular weight excluding hydrogens is 342 g/mol. The Morgan fingerprint density at radius 3 is 2.64 bits per heavy atom. The monoisotopic (exact) mass is 353 g/mol. The van der Waals surface area contributed by atoms with Gasteiger partial charge in [-0.15, -0.1) is 5.10 Å². The Balaban J connectivity index is 1.69. The van der Waals surface area contributed by atoms with Gasteiger partial charge in [-0.25, -0.2) is 4.68 Å². The molecule has 2 aromatic heterocycles. The Bertz CT molecular complexity index is 1070. The van der Waals surface area contributed by atoms with Gasteiger partial charge in [0.05, 0.1) is 24.5 Å². The van der Waals surface area contributed by atoms with Crippen LogP contribution in [-0.2, 0) is 6.54 Å². The van der Waals surface area contributed by atoms with Crippen LogP contribution in [0.3, 0.4) is 0 Å². The van der Waals surface area contributed by atoms with E-state index in [9.17, 15) is 4.79 Å². The zero-order valence-electron chi connectivity index (χ0n) is 12.9. The second-order valence-corrected chi connectivity index (χ2v) is 5.86. The summed E-state index contributed by atoms with van der Waals surface area (Å²) in [5.41, 5.74) is 1.11. The van der Waals surface area contributed by atoms with Crippen LogP contribution in [0.2, 0.25) is 5.02 Å². The highest BCUT2D eigenvalue weighted by atomic mass is 35.5. The normalized spacial score (nSPS) is 10.9. The highest BCUT2D eigenvalue weighted by Crippen LogP contribution is 2.24. The van der Waals surface area contributed by atoms with E-state index in [1.165, 1.54) is 4.68 Å². The van der Waals surface area contributed by atoms with E-state index in [1.54, 1.807) is 61.1 Å². The fraction of sp³-hybridized carbons (Fsp3) is 0.0556. The summed E-state index contributed by atoms with van der Waals surface area (Å²) in [5.74, 6) is 1.17. The lowest BCUT2D eigenvalue weighted by atomic mass is 10.2. The van der Waals surface area contributed by atoms with E-state index in [2.05, 4.69) is 10.3 Å². The number of aromatic nitrogens is 3. The smallest absolute Gasteiger partial charge is 0.278 e. The topological polar surface area (TPSA) is 70.2 Å². The van der Waals surface area contributed by atoms with Crippen LogP contribution in [0.5, 0.6) is 11.5 Å². The molecule has 2 heterocycles. The molecule has 0 bridgehead atoms. The molecule has 0 radical (unpaired) electrons. The van der Waals surface area contributed by atoms with Crippen LogP contribution in [0.1, 0.15) is 5.56 Å². The van der Waals surface area contributed by atoms with Crippen molar-refractivity contribution >= 4 is 22.5 Å². The van der Waals surface area contributed by atoms with E-state index >= 15 is 0 Å². The standard InChI is InChI=1S/C18H12ClN3O3/c19-13-1-3-14(4-2-13)25-15-5-6-17-16(9-15)18(23)22(21-20-17)10-12-7-8-24-11-12/h1-9,11H,10H2. The maximum Gasteiger partial charge on any atom is 0.278 e. The van der Waals surface area contributed by atoms with Crippen molar-refractivity contribution in [2.24, 2.45) is 0 Å². The highest BCUT2D eigenvalue weighted by molar-refractivity contribution is 6.30. The lowest BCUT2D eigenvalue weighted by Gasteiger charge is -2.07. The predicted octanol–water partition coefficient (Wildman–Crippen LogP) is 3.88. The molecule has 0 saturated carbocycles. The Hall–Kier alpha value is -3.12. The van der Waals surface area contributed by atoms with Gasteiger partial charge in [0, 0.05) is 10.6 Å². The van der Waals surface area contributed by atoms with E-state index < -0.39 is 0 Å².